The van der Waals surface area contributed by atoms with Crippen LogP contribution in [0.1, 0.15) is 40.0 Å². The van der Waals surface area contributed by atoms with Crippen LogP contribution >= 0.6 is 0 Å². The first kappa shape index (κ1) is 8.62. The summed E-state index contributed by atoms with van der Waals surface area (Å²) in [7, 11) is 1.44. The van der Waals surface area contributed by atoms with Gasteiger partial charge in [0.15, 0.2) is 0 Å². The van der Waals surface area contributed by atoms with E-state index in [0.717, 1.165) is 5.92 Å². The molecule has 2 aliphatic carbocycles. The molecule has 1 nitrogen and oxygen atoms in total. The molecule has 1 N–H and O–H groups in total. The summed E-state index contributed by atoms with van der Waals surface area (Å²) in [5, 5.41) is 9.11. The Kier molecular flexibility index (Phi) is 1.64. The Morgan fingerprint density at radius 2 is 2.00 bits per heavy atom. The van der Waals surface area contributed by atoms with Crippen LogP contribution in [0.3, 0.4) is 0 Å². The first-order chi connectivity index (χ1) is 5.51. The van der Waals surface area contributed by atoms with E-state index in [1.807, 2.05) is 0 Å². The summed E-state index contributed by atoms with van der Waals surface area (Å²) in [6.45, 7) is 7.12. The Labute approximate surface area is 75.8 Å². The second-order valence-electron chi connectivity index (χ2n) is 5.44. The van der Waals surface area contributed by atoms with Gasteiger partial charge in [-0.25, -0.2) is 0 Å². The van der Waals surface area contributed by atoms with E-state index in [-0.39, 0.29) is 0 Å². The number of hydrogen-bond acceptors (Lipinski definition) is 1. The molecule has 2 rings (SSSR count). The summed E-state index contributed by atoms with van der Waals surface area (Å²) in [6.07, 6.45) is 3.86. The topological polar surface area (TPSA) is 20.2 Å². The van der Waals surface area contributed by atoms with Crippen molar-refractivity contribution in [3.05, 3.63) is 0 Å². The average Bonchev–Trinajstić information content (AvgIpc) is 2.33. The van der Waals surface area contributed by atoms with Crippen LogP contribution in [0.5, 0.6) is 0 Å². The summed E-state index contributed by atoms with van der Waals surface area (Å²) in [5.41, 5.74) is 0.929. The molecule has 12 heavy (non-hydrogen) atoms. The van der Waals surface area contributed by atoms with Gasteiger partial charge in [0.25, 0.3) is 7.48 Å². The van der Waals surface area contributed by atoms with E-state index in [1.165, 1.54) is 26.7 Å². The molecule has 0 amide bonds. The van der Waals surface area contributed by atoms with E-state index in [4.69, 9.17) is 5.02 Å². The van der Waals surface area contributed by atoms with Gasteiger partial charge in [-0.1, -0.05) is 20.8 Å². The van der Waals surface area contributed by atoms with E-state index in [2.05, 4.69) is 20.8 Å². The summed E-state index contributed by atoms with van der Waals surface area (Å²) in [5.74, 6) is 1.20. The van der Waals surface area contributed by atoms with Crippen molar-refractivity contribution >= 4 is 7.48 Å². The molecule has 2 saturated carbocycles. The van der Waals surface area contributed by atoms with Crippen LogP contribution in [-0.4, -0.2) is 12.5 Å². The zero-order chi connectivity index (χ0) is 8.98. The lowest BCUT2D eigenvalue weighted by molar-refractivity contribution is 0.152. The van der Waals surface area contributed by atoms with E-state index < -0.39 is 0 Å². The fourth-order valence-corrected chi connectivity index (χ4v) is 3.54. The largest absolute Gasteiger partial charge is 0.454 e. The Balaban J connectivity index is 2.30. The lowest BCUT2D eigenvalue weighted by Gasteiger charge is -2.34. The fourth-order valence-electron chi connectivity index (χ4n) is 3.54. The maximum Gasteiger partial charge on any atom is 0.290 e. The Morgan fingerprint density at radius 3 is 2.25 bits per heavy atom. The van der Waals surface area contributed by atoms with Gasteiger partial charge in [-0.2, -0.15) is 0 Å². The lowest BCUT2D eigenvalue weighted by Crippen LogP contribution is -2.26. The summed E-state index contributed by atoms with van der Waals surface area (Å²) >= 11 is 0. The third-order valence-electron chi connectivity index (χ3n) is 4.88. The normalized spacial score (nSPS) is 49.7. The zero-order valence-corrected chi connectivity index (χ0v) is 8.30. The highest BCUT2D eigenvalue weighted by molar-refractivity contribution is 6.28. The molecule has 2 aliphatic rings. The van der Waals surface area contributed by atoms with Gasteiger partial charge in [-0.15, -0.1) is 0 Å². The number of rotatable bonds is 1. The molecule has 0 aliphatic heterocycles. The molecule has 3 unspecified atom stereocenters. The van der Waals surface area contributed by atoms with E-state index in [1.54, 1.807) is 0 Å². The van der Waals surface area contributed by atoms with Crippen LogP contribution in [0.25, 0.3) is 0 Å². The molecule has 0 aromatic heterocycles. The Bertz CT molecular complexity index is 199. The zero-order valence-electron chi connectivity index (χ0n) is 8.30. The molecule has 0 aromatic carbocycles. The summed E-state index contributed by atoms with van der Waals surface area (Å²) < 4.78 is 0. The van der Waals surface area contributed by atoms with Crippen molar-refractivity contribution < 1.29 is 5.02 Å². The predicted octanol–water partition coefficient (Wildman–Crippen LogP) is 2.23. The molecule has 2 heteroatoms. The van der Waals surface area contributed by atoms with Crippen molar-refractivity contribution in [3.63, 3.8) is 0 Å². The van der Waals surface area contributed by atoms with Gasteiger partial charge in [0.05, 0.1) is 0 Å². The molecule has 3 atom stereocenters. The van der Waals surface area contributed by atoms with Crippen molar-refractivity contribution in [2.45, 2.75) is 45.9 Å². The van der Waals surface area contributed by atoms with Gasteiger partial charge in [0, 0.05) is 0 Å². The third kappa shape index (κ3) is 0.796. The highest BCUT2D eigenvalue weighted by Gasteiger charge is 2.60. The minimum atomic E-state index is 0.441. The molecule has 1 radical (unpaired) electrons. The third-order valence-corrected chi connectivity index (χ3v) is 4.88. The van der Waals surface area contributed by atoms with Crippen LogP contribution in [0.2, 0.25) is 5.82 Å². The Morgan fingerprint density at radius 1 is 1.33 bits per heavy atom. The van der Waals surface area contributed by atoms with Crippen LogP contribution in [0, 0.1) is 16.7 Å². The van der Waals surface area contributed by atoms with Crippen LogP contribution in [0.4, 0.5) is 0 Å². The molecule has 2 fully saturated rings. The maximum atomic E-state index is 9.11. The van der Waals surface area contributed by atoms with E-state index in [9.17, 15) is 0 Å². The standard InChI is InChI=1S/C10H18BO/c1-9(2)7-4-5-10(9,3)6-8(7)11-12/h7-8,12H,4-6H2,1-3H3. The SMILES string of the molecule is CC12CCC(C([B]O)C1)C2(C)C. The van der Waals surface area contributed by atoms with E-state index >= 15 is 0 Å². The van der Waals surface area contributed by atoms with Crippen LogP contribution in [-0.2, 0) is 0 Å². The van der Waals surface area contributed by atoms with Crippen LogP contribution < -0.4 is 0 Å². The first-order valence-corrected chi connectivity index (χ1v) is 4.99. The van der Waals surface area contributed by atoms with Crippen molar-refractivity contribution in [3.8, 4) is 0 Å². The van der Waals surface area contributed by atoms with Gasteiger partial charge in [-0.3, -0.25) is 0 Å². The van der Waals surface area contributed by atoms with Crippen molar-refractivity contribution in [2.24, 2.45) is 16.7 Å². The van der Waals surface area contributed by atoms with Gasteiger partial charge >= 0.3 is 0 Å². The van der Waals surface area contributed by atoms with Crippen molar-refractivity contribution in [2.75, 3.05) is 0 Å². The fraction of sp³-hybridized carbons (Fsp3) is 1.00. The van der Waals surface area contributed by atoms with Crippen molar-refractivity contribution in [1.82, 2.24) is 0 Å². The molecule has 0 heterocycles. The Hall–Kier alpha value is 0.0249. The predicted molar refractivity (Wildman–Crippen MR) is 51.0 cm³/mol. The lowest BCUT2D eigenvalue weighted by atomic mass is 9.68. The van der Waals surface area contributed by atoms with Gasteiger partial charge in [0.2, 0.25) is 0 Å². The minimum Gasteiger partial charge on any atom is -0.454 e. The van der Waals surface area contributed by atoms with E-state index in [0.29, 0.717) is 16.6 Å². The highest BCUT2D eigenvalue weighted by atomic mass is 16.2. The molecular weight excluding hydrogens is 147 g/mol. The summed E-state index contributed by atoms with van der Waals surface area (Å²) in [6, 6.07) is 0. The summed E-state index contributed by atoms with van der Waals surface area (Å²) in [4.78, 5) is 0. The van der Waals surface area contributed by atoms with Gasteiger partial charge in [-0.05, 0) is 41.8 Å². The second-order valence-corrected chi connectivity index (χ2v) is 5.44. The molecule has 0 spiro atoms. The smallest absolute Gasteiger partial charge is 0.290 e. The van der Waals surface area contributed by atoms with Gasteiger partial charge in [0.1, 0.15) is 0 Å². The first-order valence-electron chi connectivity index (χ1n) is 4.99. The number of fused-ring (bicyclic) bond motifs is 2. The average molecular weight is 165 g/mol. The molecule has 67 valence electrons. The quantitative estimate of drug-likeness (QED) is 0.590. The highest BCUT2D eigenvalue weighted by Crippen LogP contribution is 2.69. The molecular formula is C10H18BO. The minimum absolute atomic E-state index is 0.441. The molecule has 0 saturated heterocycles. The molecule has 2 bridgehead atoms. The second kappa shape index (κ2) is 2.28. The maximum absolute atomic E-state index is 9.11. The van der Waals surface area contributed by atoms with Gasteiger partial charge < -0.3 is 5.02 Å². The number of hydrogen-bond donors (Lipinski definition) is 1. The monoisotopic (exact) mass is 165 g/mol. The van der Waals surface area contributed by atoms with Crippen LogP contribution in [0.15, 0.2) is 0 Å². The molecule has 0 aromatic rings. The van der Waals surface area contributed by atoms with Crippen molar-refractivity contribution in [1.29, 1.82) is 0 Å².